The Labute approximate surface area is 127 Å². The maximum Gasteiger partial charge on any atom is 0.123 e. The summed E-state index contributed by atoms with van der Waals surface area (Å²) < 4.78 is 13.5. The number of halogens is 1. The van der Waals surface area contributed by atoms with Crippen molar-refractivity contribution in [1.82, 2.24) is 10.2 Å². The molecule has 0 spiro atoms. The van der Waals surface area contributed by atoms with Crippen molar-refractivity contribution < 1.29 is 4.39 Å². The van der Waals surface area contributed by atoms with E-state index >= 15 is 0 Å². The van der Waals surface area contributed by atoms with Crippen LogP contribution in [-0.2, 0) is 6.42 Å². The molecule has 1 heterocycles. The van der Waals surface area contributed by atoms with Gasteiger partial charge in [0, 0.05) is 11.6 Å². The number of likely N-dealkylation sites (tertiary alicyclic amines) is 1. The van der Waals surface area contributed by atoms with E-state index in [9.17, 15) is 4.39 Å². The van der Waals surface area contributed by atoms with Gasteiger partial charge in [-0.05, 0) is 69.9 Å². The number of benzene rings is 1. The molecule has 2 nitrogen and oxygen atoms in total. The lowest BCUT2D eigenvalue weighted by molar-refractivity contribution is 0.0797. The zero-order valence-corrected chi connectivity index (χ0v) is 13.1. The van der Waals surface area contributed by atoms with Gasteiger partial charge in [0.25, 0.3) is 0 Å². The number of rotatable bonds is 5. The summed E-state index contributed by atoms with van der Waals surface area (Å²) in [6.07, 6.45) is 8.82. The predicted molar refractivity (Wildman–Crippen MR) is 85.0 cm³/mol. The Balaban J connectivity index is 1.82. The van der Waals surface area contributed by atoms with Gasteiger partial charge in [-0.3, -0.25) is 4.90 Å². The first-order chi connectivity index (χ1) is 10.2. The Morgan fingerprint density at radius 3 is 2.52 bits per heavy atom. The molecular weight excluding hydrogens is 263 g/mol. The van der Waals surface area contributed by atoms with Crippen LogP contribution in [0.4, 0.5) is 4.39 Å². The normalized spacial score (nSPS) is 23.5. The SMILES string of the molecule is CNC(Cc1cccc(F)c1)C1(N2CCCC2)CCCC1. The van der Waals surface area contributed by atoms with Crippen LogP contribution in [-0.4, -0.2) is 36.6 Å². The number of nitrogens with zero attached hydrogens (tertiary/aromatic N) is 1. The van der Waals surface area contributed by atoms with Gasteiger partial charge in [0.05, 0.1) is 0 Å². The van der Waals surface area contributed by atoms with Gasteiger partial charge in [-0.15, -0.1) is 0 Å². The lowest BCUT2D eigenvalue weighted by Crippen LogP contribution is -2.59. The Morgan fingerprint density at radius 1 is 1.19 bits per heavy atom. The minimum absolute atomic E-state index is 0.121. The highest BCUT2D eigenvalue weighted by atomic mass is 19.1. The smallest absolute Gasteiger partial charge is 0.123 e. The Hall–Kier alpha value is -0.930. The van der Waals surface area contributed by atoms with Crippen molar-refractivity contribution in [2.24, 2.45) is 0 Å². The summed E-state index contributed by atoms with van der Waals surface area (Å²) in [5, 5.41) is 3.57. The van der Waals surface area contributed by atoms with Gasteiger partial charge in [0.1, 0.15) is 5.82 Å². The highest BCUT2D eigenvalue weighted by Crippen LogP contribution is 2.40. The van der Waals surface area contributed by atoms with Crippen LogP contribution in [0.5, 0.6) is 0 Å². The van der Waals surface area contributed by atoms with E-state index in [0.717, 1.165) is 12.0 Å². The first-order valence-corrected chi connectivity index (χ1v) is 8.41. The molecule has 0 radical (unpaired) electrons. The molecule has 0 amide bonds. The lowest BCUT2D eigenvalue weighted by Gasteiger charge is -2.45. The van der Waals surface area contributed by atoms with Gasteiger partial charge in [-0.2, -0.15) is 0 Å². The largest absolute Gasteiger partial charge is 0.315 e. The van der Waals surface area contributed by atoms with Crippen molar-refractivity contribution in [3.8, 4) is 0 Å². The topological polar surface area (TPSA) is 15.3 Å². The van der Waals surface area contributed by atoms with Crippen LogP contribution in [0, 0.1) is 5.82 Å². The van der Waals surface area contributed by atoms with E-state index in [1.54, 1.807) is 6.07 Å². The quantitative estimate of drug-likeness (QED) is 0.894. The van der Waals surface area contributed by atoms with Crippen LogP contribution < -0.4 is 5.32 Å². The molecule has 0 aromatic heterocycles. The third-order valence-corrected chi connectivity index (χ3v) is 5.53. The van der Waals surface area contributed by atoms with Gasteiger partial charge in [0.15, 0.2) is 0 Å². The maximum absolute atomic E-state index is 13.5. The standard InChI is InChI=1S/C18H27FN2/c1-20-17(14-15-7-6-8-16(19)13-15)18(9-2-3-10-18)21-11-4-5-12-21/h6-8,13,17,20H,2-5,9-12,14H2,1H3. The van der Waals surface area contributed by atoms with E-state index in [-0.39, 0.29) is 11.4 Å². The van der Waals surface area contributed by atoms with Crippen molar-refractivity contribution in [2.45, 2.75) is 56.5 Å². The van der Waals surface area contributed by atoms with Crippen LogP contribution in [0.2, 0.25) is 0 Å². The molecule has 0 bridgehead atoms. The summed E-state index contributed by atoms with van der Waals surface area (Å²) in [4.78, 5) is 2.72. The van der Waals surface area contributed by atoms with Crippen LogP contribution >= 0.6 is 0 Å². The van der Waals surface area contributed by atoms with E-state index in [4.69, 9.17) is 0 Å². The molecule has 1 aromatic carbocycles. The summed E-state index contributed by atoms with van der Waals surface area (Å²) in [5.74, 6) is -0.121. The summed E-state index contributed by atoms with van der Waals surface area (Å²) in [6.45, 7) is 2.47. The molecule has 1 atom stereocenters. The van der Waals surface area contributed by atoms with E-state index < -0.39 is 0 Å². The second kappa shape index (κ2) is 6.45. The fourth-order valence-electron chi connectivity index (χ4n) is 4.50. The zero-order chi connectivity index (χ0) is 14.7. The zero-order valence-electron chi connectivity index (χ0n) is 13.1. The Kier molecular flexibility index (Phi) is 4.60. The van der Waals surface area contributed by atoms with E-state index in [0.29, 0.717) is 6.04 Å². The Bertz CT molecular complexity index is 462. The number of likely N-dealkylation sites (N-methyl/N-ethyl adjacent to an activating group) is 1. The molecule has 1 saturated heterocycles. The first kappa shape index (κ1) is 15.0. The van der Waals surface area contributed by atoms with Crippen molar-refractivity contribution >= 4 is 0 Å². The molecule has 2 aliphatic rings. The predicted octanol–water partition coefficient (Wildman–Crippen LogP) is 3.36. The molecule has 3 heteroatoms. The summed E-state index contributed by atoms with van der Waals surface area (Å²) in [7, 11) is 2.07. The number of hydrogen-bond acceptors (Lipinski definition) is 2. The van der Waals surface area contributed by atoms with Crippen LogP contribution in [0.1, 0.15) is 44.1 Å². The number of nitrogens with one attached hydrogen (secondary N) is 1. The van der Waals surface area contributed by atoms with Gasteiger partial charge < -0.3 is 5.32 Å². The van der Waals surface area contributed by atoms with E-state index in [1.807, 2.05) is 6.07 Å². The lowest BCUT2D eigenvalue weighted by atomic mass is 9.82. The highest BCUT2D eigenvalue weighted by Gasteiger charge is 2.45. The minimum Gasteiger partial charge on any atom is -0.315 e. The van der Waals surface area contributed by atoms with E-state index in [2.05, 4.69) is 23.3 Å². The third kappa shape index (κ3) is 3.00. The molecule has 1 saturated carbocycles. The van der Waals surface area contributed by atoms with Crippen LogP contribution in [0.25, 0.3) is 0 Å². The van der Waals surface area contributed by atoms with Gasteiger partial charge in [-0.1, -0.05) is 25.0 Å². The van der Waals surface area contributed by atoms with Gasteiger partial charge in [0.2, 0.25) is 0 Å². The molecule has 1 aliphatic carbocycles. The summed E-state index contributed by atoms with van der Waals surface area (Å²) in [5.41, 5.74) is 1.40. The fourth-order valence-corrected chi connectivity index (χ4v) is 4.50. The average Bonchev–Trinajstić information content (AvgIpc) is 3.16. The van der Waals surface area contributed by atoms with Crippen molar-refractivity contribution in [1.29, 1.82) is 0 Å². The molecule has 1 N–H and O–H groups in total. The molecule has 116 valence electrons. The molecule has 2 fully saturated rings. The third-order valence-electron chi connectivity index (χ3n) is 5.53. The van der Waals surface area contributed by atoms with E-state index in [1.165, 1.54) is 57.7 Å². The molecule has 1 aromatic rings. The second-order valence-electron chi connectivity index (χ2n) is 6.68. The van der Waals surface area contributed by atoms with Crippen molar-refractivity contribution in [3.63, 3.8) is 0 Å². The molecule has 3 rings (SSSR count). The minimum atomic E-state index is -0.121. The van der Waals surface area contributed by atoms with Crippen LogP contribution in [0.15, 0.2) is 24.3 Å². The maximum atomic E-state index is 13.5. The molecule has 1 unspecified atom stereocenters. The molecular formula is C18H27FN2. The Morgan fingerprint density at radius 2 is 1.90 bits per heavy atom. The summed E-state index contributed by atoms with van der Waals surface area (Å²) >= 11 is 0. The average molecular weight is 290 g/mol. The first-order valence-electron chi connectivity index (χ1n) is 8.41. The summed E-state index contributed by atoms with van der Waals surface area (Å²) in [6, 6.07) is 7.52. The second-order valence-corrected chi connectivity index (χ2v) is 6.68. The van der Waals surface area contributed by atoms with Crippen molar-refractivity contribution in [3.05, 3.63) is 35.6 Å². The number of hydrogen-bond donors (Lipinski definition) is 1. The highest BCUT2D eigenvalue weighted by molar-refractivity contribution is 5.20. The molecule has 1 aliphatic heterocycles. The van der Waals surface area contributed by atoms with Gasteiger partial charge >= 0.3 is 0 Å². The monoisotopic (exact) mass is 290 g/mol. The molecule has 21 heavy (non-hydrogen) atoms. The fraction of sp³-hybridized carbons (Fsp3) is 0.667. The van der Waals surface area contributed by atoms with Crippen molar-refractivity contribution in [2.75, 3.05) is 20.1 Å². The van der Waals surface area contributed by atoms with Gasteiger partial charge in [-0.25, -0.2) is 4.39 Å². The van der Waals surface area contributed by atoms with Crippen LogP contribution in [0.3, 0.4) is 0 Å².